The molecule has 0 saturated heterocycles. The average Bonchev–Trinajstić information content (AvgIpc) is 3.08. The second-order valence-electron chi connectivity index (χ2n) is 6.39. The van der Waals surface area contributed by atoms with Crippen LogP contribution in [0.5, 0.6) is 5.75 Å². The van der Waals surface area contributed by atoms with E-state index in [9.17, 15) is 0 Å². The third-order valence-corrected chi connectivity index (χ3v) is 5.54. The van der Waals surface area contributed by atoms with Gasteiger partial charge in [0.25, 0.3) is 0 Å². The molecule has 0 aliphatic carbocycles. The highest BCUT2D eigenvalue weighted by Crippen LogP contribution is 2.37. The minimum atomic E-state index is -0.345. The smallest absolute Gasteiger partial charge is 0.504 e. The molecule has 5 aromatic rings. The van der Waals surface area contributed by atoms with E-state index in [1.165, 1.54) is 0 Å². The quantitative estimate of drug-likeness (QED) is 0.377. The van der Waals surface area contributed by atoms with Gasteiger partial charge in [0, 0.05) is 26.0 Å². The fourth-order valence-electron chi connectivity index (χ4n) is 3.57. The van der Waals surface area contributed by atoms with Gasteiger partial charge in [-0.1, -0.05) is 52.3 Å². The number of halogens is 1. The highest BCUT2D eigenvalue weighted by molar-refractivity contribution is 9.10. The van der Waals surface area contributed by atoms with Crippen molar-refractivity contribution in [3.05, 3.63) is 77.3 Å². The molecule has 3 nitrogen and oxygen atoms in total. The van der Waals surface area contributed by atoms with Crippen LogP contribution in [0.3, 0.4) is 0 Å². The summed E-state index contributed by atoms with van der Waals surface area (Å²) in [4.78, 5) is 0. The summed E-state index contributed by atoms with van der Waals surface area (Å²) in [5, 5.41) is 13.3. The predicted octanol–water partition coefficient (Wildman–Crippen LogP) is 5.81. The van der Waals surface area contributed by atoms with Gasteiger partial charge in [-0.2, -0.15) is 0 Å². The zero-order chi connectivity index (χ0) is 18.4. The number of rotatable bonds is 3. The van der Waals surface area contributed by atoms with Gasteiger partial charge in [-0.3, -0.25) is 0 Å². The van der Waals surface area contributed by atoms with E-state index in [4.69, 9.17) is 14.1 Å². The monoisotopic (exact) mass is 416 g/mol. The fraction of sp³-hybridized carbons (Fsp3) is 0. The molecule has 0 bridgehead atoms. The molecule has 0 aliphatic rings. The summed E-state index contributed by atoms with van der Waals surface area (Å²) in [6.07, 6.45) is 0. The zero-order valence-electron chi connectivity index (χ0n) is 14.3. The highest BCUT2D eigenvalue weighted by atomic mass is 79.9. The van der Waals surface area contributed by atoms with E-state index in [1.54, 1.807) is 0 Å². The maximum Gasteiger partial charge on any atom is 0.504 e. The molecule has 0 amide bonds. The third kappa shape index (κ3) is 2.71. The van der Waals surface area contributed by atoms with Gasteiger partial charge in [0.05, 0.1) is 0 Å². The van der Waals surface area contributed by atoms with Gasteiger partial charge in [0.1, 0.15) is 16.9 Å². The first-order valence-electron chi connectivity index (χ1n) is 8.62. The van der Waals surface area contributed by atoms with Crippen LogP contribution in [0.1, 0.15) is 0 Å². The van der Waals surface area contributed by atoms with Crippen molar-refractivity contribution >= 4 is 56.3 Å². The molecule has 1 aromatic heterocycles. The number of hydrogen-bond acceptors (Lipinski definition) is 3. The van der Waals surface area contributed by atoms with Gasteiger partial charge in [-0.05, 0) is 47.5 Å². The predicted molar refractivity (Wildman–Crippen MR) is 114 cm³/mol. The van der Waals surface area contributed by atoms with E-state index in [0.717, 1.165) is 48.3 Å². The molecule has 4 aromatic carbocycles. The Labute approximate surface area is 164 Å². The SMILES string of the molecule is OBOc1ccc(Br)c2cc(-c3ccc4oc5ccccc5c4c3)ccc12. The molecule has 1 heterocycles. The molecule has 0 atom stereocenters. The Morgan fingerprint density at radius 2 is 1.48 bits per heavy atom. The van der Waals surface area contributed by atoms with Crippen molar-refractivity contribution in [3.63, 3.8) is 0 Å². The molecule has 5 rings (SSSR count). The van der Waals surface area contributed by atoms with Gasteiger partial charge in [-0.15, -0.1) is 0 Å². The van der Waals surface area contributed by atoms with Crippen LogP contribution in [-0.4, -0.2) is 12.7 Å². The third-order valence-electron chi connectivity index (χ3n) is 4.85. The molecular formula is C22H14BBrO3. The molecule has 5 heteroatoms. The minimum Gasteiger partial charge on any atom is -0.538 e. The summed E-state index contributed by atoms with van der Waals surface area (Å²) in [6.45, 7) is 0. The van der Waals surface area contributed by atoms with Gasteiger partial charge in [0.2, 0.25) is 0 Å². The molecule has 130 valence electrons. The first kappa shape index (κ1) is 16.4. The maximum atomic E-state index is 9.10. The zero-order valence-corrected chi connectivity index (χ0v) is 15.9. The number of hydrogen-bond donors (Lipinski definition) is 1. The Kier molecular flexibility index (Phi) is 3.92. The number of benzene rings is 4. The summed E-state index contributed by atoms with van der Waals surface area (Å²) in [7, 11) is -0.345. The second kappa shape index (κ2) is 6.45. The van der Waals surface area contributed by atoms with E-state index >= 15 is 0 Å². The summed E-state index contributed by atoms with van der Waals surface area (Å²) < 4.78 is 12.3. The largest absolute Gasteiger partial charge is 0.538 e. The van der Waals surface area contributed by atoms with Crippen molar-refractivity contribution in [1.29, 1.82) is 0 Å². The molecule has 1 N–H and O–H groups in total. The van der Waals surface area contributed by atoms with Gasteiger partial charge < -0.3 is 14.1 Å². The van der Waals surface area contributed by atoms with Crippen molar-refractivity contribution in [1.82, 2.24) is 0 Å². The van der Waals surface area contributed by atoms with E-state index < -0.39 is 0 Å². The second-order valence-corrected chi connectivity index (χ2v) is 7.24. The molecule has 0 spiro atoms. The van der Waals surface area contributed by atoms with Crippen molar-refractivity contribution in [2.45, 2.75) is 0 Å². The van der Waals surface area contributed by atoms with Crippen LogP contribution in [0.2, 0.25) is 0 Å². The Morgan fingerprint density at radius 3 is 2.33 bits per heavy atom. The van der Waals surface area contributed by atoms with Crippen LogP contribution >= 0.6 is 15.9 Å². The Balaban J connectivity index is 1.70. The van der Waals surface area contributed by atoms with Crippen LogP contribution in [0.15, 0.2) is 81.7 Å². The summed E-state index contributed by atoms with van der Waals surface area (Å²) in [5.41, 5.74) is 4.02. The lowest BCUT2D eigenvalue weighted by Crippen LogP contribution is -2.00. The molecule has 0 fully saturated rings. The van der Waals surface area contributed by atoms with Gasteiger partial charge >= 0.3 is 7.69 Å². The maximum absolute atomic E-state index is 9.10. The summed E-state index contributed by atoms with van der Waals surface area (Å²) in [6, 6.07) is 24.4. The Hall–Kier alpha value is -2.76. The molecule has 0 saturated carbocycles. The van der Waals surface area contributed by atoms with Gasteiger partial charge in [0.15, 0.2) is 0 Å². The molecular weight excluding hydrogens is 403 g/mol. The fourth-order valence-corrected chi connectivity index (χ4v) is 4.03. The number of furan rings is 1. The van der Waals surface area contributed by atoms with Crippen LogP contribution in [0.4, 0.5) is 0 Å². The molecule has 0 radical (unpaired) electrons. The summed E-state index contributed by atoms with van der Waals surface area (Å²) in [5.74, 6) is 0.665. The molecule has 27 heavy (non-hydrogen) atoms. The van der Waals surface area contributed by atoms with Gasteiger partial charge in [-0.25, -0.2) is 0 Å². The lowest BCUT2D eigenvalue weighted by atomic mass is 9.99. The van der Waals surface area contributed by atoms with Crippen LogP contribution in [0.25, 0.3) is 43.8 Å². The first-order valence-corrected chi connectivity index (χ1v) is 9.41. The lowest BCUT2D eigenvalue weighted by Gasteiger charge is -2.10. The van der Waals surface area contributed by atoms with E-state index in [1.807, 2.05) is 42.5 Å². The Morgan fingerprint density at radius 1 is 0.741 bits per heavy atom. The van der Waals surface area contributed by atoms with Crippen molar-refractivity contribution in [2.24, 2.45) is 0 Å². The lowest BCUT2D eigenvalue weighted by molar-refractivity contribution is 0.456. The molecule has 0 unspecified atom stereocenters. The summed E-state index contributed by atoms with van der Waals surface area (Å²) >= 11 is 3.62. The van der Waals surface area contributed by atoms with Crippen LogP contribution in [0, 0.1) is 0 Å². The normalized spacial score (nSPS) is 11.3. The number of para-hydroxylation sites is 1. The topological polar surface area (TPSA) is 42.6 Å². The van der Waals surface area contributed by atoms with Crippen molar-refractivity contribution in [3.8, 4) is 16.9 Å². The Bertz CT molecular complexity index is 1310. The van der Waals surface area contributed by atoms with Crippen LogP contribution in [-0.2, 0) is 0 Å². The van der Waals surface area contributed by atoms with Crippen molar-refractivity contribution < 1.29 is 14.1 Å². The highest BCUT2D eigenvalue weighted by Gasteiger charge is 2.11. The minimum absolute atomic E-state index is 0.345. The number of fused-ring (bicyclic) bond motifs is 4. The van der Waals surface area contributed by atoms with E-state index in [-0.39, 0.29) is 7.69 Å². The standard InChI is InChI=1S/C22H14BBrO3/c24-19-8-10-22(27-23-25)16-7-5-13(11-17(16)19)14-6-9-21-18(12-14)15-3-1-2-4-20(15)26-21/h1-12,23,25H. The van der Waals surface area contributed by atoms with E-state index in [0.29, 0.717) is 5.75 Å². The molecule has 0 aliphatic heterocycles. The van der Waals surface area contributed by atoms with Crippen LogP contribution < -0.4 is 4.65 Å². The van der Waals surface area contributed by atoms with E-state index in [2.05, 4.69) is 46.3 Å². The van der Waals surface area contributed by atoms with Crippen molar-refractivity contribution in [2.75, 3.05) is 0 Å². The average molecular weight is 417 g/mol. The first-order chi connectivity index (χ1) is 13.2.